The summed E-state index contributed by atoms with van der Waals surface area (Å²) in [7, 11) is 0. The molecular weight excluding hydrogens is 374 g/mol. The molecule has 0 aliphatic heterocycles. The number of aliphatic hydroxyl groups is 2. The number of rotatable bonds is 4. The third-order valence-electron chi connectivity index (χ3n) is 7.17. The van der Waals surface area contributed by atoms with Gasteiger partial charge < -0.3 is 14.9 Å². The molecule has 4 atom stereocenters. The van der Waals surface area contributed by atoms with Crippen molar-refractivity contribution in [3.05, 3.63) is 58.9 Å². The van der Waals surface area contributed by atoms with Crippen molar-refractivity contribution in [3.63, 3.8) is 0 Å². The van der Waals surface area contributed by atoms with E-state index in [1.54, 1.807) is 6.92 Å². The normalized spacial score (nSPS) is 29.9. The number of pyridine rings is 1. The average Bonchev–Trinajstić information content (AvgIpc) is 2.74. The second-order valence-corrected chi connectivity index (χ2v) is 8.88. The molecule has 0 bridgehead atoms. The van der Waals surface area contributed by atoms with E-state index >= 15 is 0 Å². The van der Waals surface area contributed by atoms with E-state index in [0.717, 1.165) is 36.3 Å². The molecule has 1 aromatic carbocycles. The number of ether oxygens (including phenoxy) is 1. The molecule has 2 aromatic rings. The van der Waals surface area contributed by atoms with Crippen LogP contribution in [0.4, 0.5) is 0 Å². The molecule has 0 saturated heterocycles. The molecule has 1 heterocycles. The van der Waals surface area contributed by atoms with Crippen LogP contribution in [0.15, 0.2) is 36.5 Å². The summed E-state index contributed by atoms with van der Waals surface area (Å²) in [6, 6.07) is 10.4. The fourth-order valence-electron chi connectivity index (χ4n) is 5.50. The Morgan fingerprint density at radius 3 is 2.77 bits per heavy atom. The SMILES string of the molecule is CC#C[C@]1(O)C[C@H]2CCc3cc(OCc4ccc(C)nc4)ccc3[C@]2(CC)C[C@@H]1O. The standard InChI is InChI=1S/C26H31NO3/c1-4-12-26(29)14-21-9-8-20-13-22(30-17-19-7-6-18(3)27-16-19)10-11-23(20)25(21,5-2)15-24(26)28/h6-7,10-11,13,16,21,24,28-29H,5,8-9,14-15,17H2,1-3H3/t21-,24+,25-,26+/m1/s1. The van der Waals surface area contributed by atoms with Crippen LogP contribution >= 0.6 is 0 Å². The van der Waals surface area contributed by atoms with Gasteiger partial charge in [-0.15, -0.1) is 5.92 Å². The highest BCUT2D eigenvalue weighted by Gasteiger charge is 2.54. The number of fused-ring (bicyclic) bond motifs is 3. The molecule has 0 radical (unpaired) electrons. The smallest absolute Gasteiger partial charge is 0.151 e. The van der Waals surface area contributed by atoms with Crippen molar-refractivity contribution in [2.24, 2.45) is 5.92 Å². The number of aromatic nitrogens is 1. The van der Waals surface area contributed by atoms with Crippen molar-refractivity contribution < 1.29 is 14.9 Å². The maximum absolute atomic E-state index is 10.9. The van der Waals surface area contributed by atoms with E-state index in [9.17, 15) is 10.2 Å². The van der Waals surface area contributed by atoms with Gasteiger partial charge in [0.15, 0.2) is 5.60 Å². The Morgan fingerprint density at radius 2 is 2.07 bits per heavy atom. The Hall–Kier alpha value is -2.35. The first-order chi connectivity index (χ1) is 14.4. The molecule has 1 saturated carbocycles. The van der Waals surface area contributed by atoms with E-state index in [4.69, 9.17) is 4.74 Å². The molecule has 2 N–H and O–H groups in total. The van der Waals surface area contributed by atoms with Crippen LogP contribution in [0, 0.1) is 24.7 Å². The van der Waals surface area contributed by atoms with E-state index in [0.29, 0.717) is 25.4 Å². The topological polar surface area (TPSA) is 62.6 Å². The summed E-state index contributed by atoms with van der Waals surface area (Å²) in [4.78, 5) is 4.33. The average molecular weight is 406 g/mol. The predicted octanol–water partition coefficient (Wildman–Crippen LogP) is 4.09. The summed E-state index contributed by atoms with van der Waals surface area (Å²) >= 11 is 0. The summed E-state index contributed by atoms with van der Waals surface area (Å²) in [5, 5.41) is 21.7. The molecule has 30 heavy (non-hydrogen) atoms. The van der Waals surface area contributed by atoms with Gasteiger partial charge in [-0.2, -0.15) is 0 Å². The van der Waals surface area contributed by atoms with Gasteiger partial charge in [0, 0.05) is 22.9 Å². The summed E-state index contributed by atoms with van der Waals surface area (Å²) in [6.45, 7) is 6.38. The monoisotopic (exact) mass is 405 g/mol. The number of benzene rings is 1. The van der Waals surface area contributed by atoms with E-state index in [-0.39, 0.29) is 5.41 Å². The quantitative estimate of drug-likeness (QED) is 0.752. The zero-order chi connectivity index (χ0) is 21.4. The van der Waals surface area contributed by atoms with Crippen LogP contribution < -0.4 is 4.74 Å². The van der Waals surface area contributed by atoms with Gasteiger partial charge in [0.25, 0.3) is 0 Å². The van der Waals surface area contributed by atoms with Gasteiger partial charge in [0.2, 0.25) is 0 Å². The summed E-state index contributed by atoms with van der Waals surface area (Å²) in [5.41, 5.74) is 3.24. The molecule has 2 aliphatic carbocycles. The number of aliphatic hydroxyl groups excluding tert-OH is 1. The van der Waals surface area contributed by atoms with Gasteiger partial charge in [-0.1, -0.05) is 25.0 Å². The van der Waals surface area contributed by atoms with E-state index in [2.05, 4.69) is 35.9 Å². The fourth-order valence-corrected chi connectivity index (χ4v) is 5.50. The number of nitrogens with zero attached hydrogens (tertiary/aromatic N) is 1. The molecule has 2 aliphatic rings. The van der Waals surface area contributed by atoms with Gasteiger partial charge in [0.1, 0.15) is 12.4 Å². The Labute approximate surface area is 179 Å². The van der Waals surface area contributed by atoms with Crippen molar-refractivity contribution in [1.29, 1.82) is 0 Å². The molecule has 0 unspecified atom stereocenters. The van der Waals surface area contributed by atoms with Crippen LogP contribution in [0.3, 0.4) is 0 Å². The largest absolute Gasteiger partial charge is 0.489 e. The predicted molar refractivity (Wildman–Crippen MR) is 117 cm³/mol. The molecule has 158 valence electrons. The minimum absolute atomic E-state index is 0.117. The first kappa shape index (κ1) is 20.9. The fraction of sp³-hybridized carbons (Fsp3) is 0.500. The van der Waals surface area contributed by atoms with Crippen LogP contribution in [-0.4, -0.2) is 26.9 Å². The van der Waals surface area contributed by atoms with Crippen molar-refractivity contribution >= 4 is 0 Å². The first-order valence-corrected chi connectivity index (χ1v) is 10.9. The maximum atomic E-state index is 10.9. The molecule has 0 amide bonds. The zero-order valence-corrected chi connectivity index (χ0v) is 18.1. The highest BCUT2D eigenvalue weighted by atomic mass is 16.5. The van der Waals surface area contributed by atoms with Gasteiger partial charge in [-0.3, -0.25) is 4.98 Å². The Kier molecular flexibility index (Phi) is 5.61. The van der Waals surface area contributed by atoms with Gasteiger partial charge in [-0.25, -0.2) is 0 Å². The van der Waals surface area contributed by atoms with E-state index in [1.807, 2.05) is 31.3 Å². The molecule has 4 heteroatoms. The second kappa shape index (κ2) is 8.06. The highest BCUT2D eigenvalue weighted by molar-refractivity contribution is 5.44. The minimum Gasteiger partial charge on any atom is -0.489 e. The Balaban J connectivity index is 1.58. The zero-order valence-electron chi connectivity index (χ0n) is 18.1. The third kappa shape index (κ3) is 3.62. The van der Waals surface area contributed by atoms with E-state index < -0.39 is 11.7 Å². The summed E-state index contributed by atoms with van der Waals surface area (Å²) < 4.78 is 6.04. The lowest BCUT2D eigenvalue weighted by Crippen LogP contribution is -2.57. The lowest BCUT2D eigenvalue weighted by atomic mass is 9.52. The van der Waals surface area contributed by atoms with Crippen LogP contribution in [0.25, 0.3) is 0 Å². The van der Waals surface area contributed by atoms with Crippen molar-refractivity contribution in [1.82, 2.24) is 4.98 Å². The van der Waals surface area contributed by atoms with Gasteiger partial charge in [-0.05, 0) is 81.2 Å². The molecular formula is C26H31NO3. The van der Waals surface area contributed by atoms with Gasteiger partial charge >= 0.3 is 0 Å². The summed E-state index contributed by atoms with van der Waals surface area (Å²) in [5.74, 6) is 6.87. The number of hydrogen-bond donors (Lipinski definition) is 2. The molecule has 0 spiro atoms. The van der Waals surface area contributed by atoms with Crippen molar-refractivity contribution in [2.45, 2.75) is 76.6 Å². The van der Waals surface area contributed by atoms with Crippen LogP contribution in [0.5, 0.6) is 5.75 Å². The Morgan fingerprint density at radius 1 is 1.23 bits per heavy atom. The van der Waals surface area contributed by atoms with Crippen LogP contribution in [0.1, 0.15) is 61.9 Å². The van der Waals surface area contributed by atoms with Crippen molar-refractivity contribution in [2.75, 3.05) is 0 Å². The van der Waals surface area contributed by atoms with Crippen molar-refractivity contribution in [3.8, 4) is 17.6 Å². The Bertz CT molecular complexity index is 974. The van der Waals surface area contributed by atoms with Crippen LogP contribution in [0.2, 0.25) is 0 Å². The maximum Gasteiger partial charge on any atom is 0.151 e. The highest BCUT2D eigenvalue weighted by Crippen LogP contribution is 2.54. The minimum atomic E-state index is -1.29. The van der Waals surface area contributed by atoms with Gasteiger partial charge in [0.05, 0.1) is 6.10 Å². The molecule has 4 nitrogen and oxygen atoms in total. The lowest BCUT2D eigenvalue weighted by molar-refractivity contribution is -0.106. The van der Waals surface area contributed by atoms with E-state index in [1.165, 1.54) is 11.1 Å². The number of hydrogen-bond acceptors (Lipinski definition) is 4. The first-order valence-electron chi connectivity index (χ1n) is 10.9. The molecule has 1 aromatic heterocycles. The molecule has 4 rings (SSSR count). The second-order valence-electron chi connectivity index (χ2n) is 8.88. The molecule has 1 fully saturated rings. The third-order valence-corrected chi connectivity index (χ3v) is 7.17. The summed E-state index contributed by atoms with van der Waals surface area (Å²) in [6.07, 6.45) is 4.98. The number of aryl methyl sites for hydroxylation is 2. The lowest BCUT2D eigenvalue weighted by Gasteiger charge is -2.53. The van der Waals surface area contributed by atoms with Crippen LogP contribution in [-0.2, 0) is 18.4 Å².